The van der Waals surface area contributed by atoms with Gasteiger partial charge in [-0.15, -0.1) is 0 Å². The van der Waals surface area contributed by atoms with Gasteiger partial charge in [0, 0.05) is 21.9 Å². The lowest BCUT2D eigenvalue weighted by molar-refractivity contribution is 0.0801. The highest BCUT2D eigenvalue weighted by molar-refractivity contribution is 9.10. The number of rotatable bonds is 2. The van der Waals surface area contributed by atoms with Crippen LogP contribution in [-0.2, 0) is 10.0 Å². The van der Waals surface area contributed by atoms with Crippen LogP contribution < -0.4 is 4.74 Å². The molecule has 0 radical (unpaired) electrons. The minimum atomic E-state index is -3.71. The Bertz CT molecular complexity index is 1260. The Morgan fingerprint density at radius 3 is 2.38 bits per heavy atom. The summed E-state index contributed by atoms with van der Waals surface area (Å²) in [5.41, 5.74) is 4.41. The molecule has 1 fully saturated rings. The van der Waals surface area contributed by atoms with Crippen molar-refractivity contribution in [3.8, 4) is 5.75 Å². The van der Waals surface area contributed by atoms with E-state index in [1.165, 1.54) is 5.56 Å². The van der Waals surface area contributed by atoms with E-state index in [2.05, 4.69) is 34.1 Å². The van der Waals surface area contributed by atoms with Gasteiger partial charge in [-0.1, -0.05) is 64.0 Å². The third-order valence-corrected chi connectivity index (χ3v) is 8.76. The van der Waals surface area contributed by atoms with Crippen LogP contribution >= 0.6 is 15.9 Å². The summed E-state index contributed by atoms with van der Waals surface area (Å²) in [5.74, 6) is 0.838. The molecular weight excluding hydrogens is 450 g/mol. The molecule has 3 aliphatic rings. The molecule has 6 heteroatoms. The van der Waals surface area contributed by atoms with Gasteiger partial charge in [0.05, 0.1) is 10.9 Å². The second-order valence-electron chi connectivity index (χ2n) is 7.96. The number of fused-ring (bicyclic) bond motifs is 3. The zero-order valence-corrected chi connectivity index (χ0v) is 18.0. The normalized spacial score (nSPS) is 26.7. The highest BCUT2D eigenvalue weighted by Crippen LogP contribution is 2.66. The van der Waals surface area contributed by atoms with Crippen LogP contribution in [0.15, 0.2) is 76.1 Å². The van der Waals surface area contributed by atoms with Gasteiger partial charge >= 0.3 is 0 Å². The molecule has 6 rings (SSSR count). The molecule has 1 saturated heterocycles. The molecule has 2 heterocycles. The van der Waals surface area contributed by atoms with Gasteiger partial charge in [0.1, 0.15) is 5.75 Å². The van der Waals surface area contributed by atoms with Crippen LogP contribution in [-0.4, -0.2) is 19.0 Å². The molecule has 1 aliphatic carbocycles. The van der Waals surface area contributed by atoms with E-state index in [9.17, 15) is 8.42 Å². The first-order valence-corrected chi connectivity index (χ1v) is 11.9. The van der Waals surface area contributed by atoms with Gasteiger partial charge in [-0.2, -0.15) is 4.31 Å². The van der Waals surface area contributed by atoms with Crippen LogP contribution in [0.1, 0.15) is 40.1 Å². The third kappa shape index (κ3) is 2.31. The number of nitrogens with zero attached hydrogens (tertiary/aromatic N) is 1. The molecule has 29 heavy (non-hydrogen) atoms. The predicted octanol–water partition coefficient (Wildman–Crippen LogP) is 5.10. The maximum absolute atomic E-state index is 13.7. The van der Waals surface area contributed by atoms with Gasteiger partial charge in [0.25, 0.3) is 0 Å². The van der Waals surface area contributed by atoms with Crippen LogP contribution in [0, 0.1) is 6.92 Å². The summed E-state index contributed by atoms with van der Waals surface area (Å²) in [6.07, 6.45) is -0.534. The molecular formula is C23H18BrNO3S. The lowest BCUT2D eigenvalue weighted by atomic mass is 9.85. The van der Waals surface area contributed by atoms with Gasteiger partial charge in [-0.05, 0) is 42.3 Å². The largest absolute Gasteiger partial charge is 0.473 e. The number of benzene rings is 3. The fourth-order valence-corrected chi connectivity index (χ4v) is 7.29. The van der Waals surface area contributed by atoms with Crippen molar-refractivity contribution in [3.05, 3.63) is 93.5 Å². The Balaban J connectivity index is 1.57. The maximum Gasteiger partial charge on any atom is 0.246 e. The maximum atomic E-state index is 13.7. The van der Waals surface area contributed by atoms with E-state index in [1.807, 2.05) is 43.3 Å². The zero-order chi connectivity index (χ0) is 19.9. The molecule has 0 spiro atoms. The summed E-state index contributed by atoms with van der Waals surface area (Å²) >= 11 is 3.51. The summed E-state index contributed by atoms with van der Waals surface area (Å²) in [6, 6.07) is 21.0. The minimum absolute atomic E-state index is 0.00472. The van der Waals surface area contributed by atoms with E-state index in [0.717, 1.165) is 26.9 Å². The smallest absolute Gasteiger partial charge is 0.246 e. The first-order chi connectivity index (χ1) is 14.0. The summed E-state index contributed by atoms with van der Waals surface area (Å²) < 4.78 is 36.4. The average molecular weight is 468 g/mol. The van der Waals surface area contributed by atoms with Gasteiger partial charge < -0.3 is 4.74 Å². The molecule has 2 aliphatic heterocycles. The highest BCUT2D eigenvalue weighted by Gasteiger charge is 2.64. The quantitative estimate of drug-likeness (QED) is 0.526. The van der Waals surface area contributed by atoms with Crippen LogP contribution in [0.4, 0.5) is 0 Å². The third-order valence-electron chi connectivity index (χ3n) is 6.41. The molecule has 0 aromatic heterocycles. The Labute approximate surface area is 178 Å². The van der Waals surface area contributed by atoms with Crippen molar-refractivity contribution in [2.75, 3.05) is 0 Å². The molecule has 3 aromatic rings. The van der Waals surface area contributed by atoms with Crippen molar-refractivity contribution in [2.24, 2.45) is 0 Å². The number of ether oxygens (including phenoxy) is 1. The van der Waals surface area contributed by atoms with Crippen LogP contribution in [0.25, 0.3) is 0 Å². The van der Waals surface area contributed by atoms with Crippen molar-refractivity contribution in [2.45, 2.75) is 35.9 Å². The van der Waals surface area contributed by atoms with Crippen molar-refractivity contribution in [1.29, 1.82) is 0 Å². The van der Waals surface area contributed by atoms with Crippen LogP contribution in [0.3, 0.4) is 0 Å². The van der Waals surface area contributed by atoms with Crippen molar-refractivity contribution in [1.82, 2.24) is 4.31 Å². The monoisotopic (exact) mass is 467 g/mol. The number of halogens is 1. The molecule has 0 unspecified atom stereocenters. The van der Waals surface area contributed by atoms with Crippen molar-refractivity contribution >= 4 is 26.0 Å². The average Bonchev–Trinajstić information content (AvgIpc) is 3.16. The number of aryl methyl sites for hydroxylation is 1. The molecule has 0 saturated carbocycles. The van der Waals surface area contributed by atoms with E-state index in [4.69, 9.17) is 4.74 Å². The minimum Gasteiger partial charge on any atom is -0.473 e. The fraction of sp³-hybridized carbons (Fsp3) is 0.217. The summed E-state index contributed by atoms with van der Waals surface area (Å²) in [5, 5.41) is 0. The van der Waals surface area contributed by atoms with Crippen LogP contribution in [0.5, 0.6) is 5.75 Å². The standard InChI is InChI=1S/C23H18BrNO3S/c1-13-6-9-15(10-7-13)29(26,27)25-22-17-5-3-2-4-16(17)21-20(22)18-11-8-14(24)12-19(18)28-23(21)25/h2-12,20-23H,1H3/t20-,21-,22+,23+/m0/s1. The van der Waals surface area contributed by atoms with E-state index >= 15 is 0 Å². The highest BCUT2D eigenvalue weighted by atomic mass is 79.9. The fourth-order valence-electron chi connectivity index (χ4n) is 5.23. The summed E-state index contributed by atoms with van der Waals surface area (Å²) in [7, 11) is -3.71. The molecule has 146 valence electrons. The second-order valence-corrected chi connectivity index (χ2v) is 10.7. The predicted molar refractivity (Wildman–Crippen MR) is 113 cm³/mol. The number of hydrogen-bond acceptors (Lipinski definition) is 3. The van der Waals surface area contributed by atoms with E-state index in [0.29, 0.717) is 4.90 Å². The Hall–Kier alpha value is -2.15. The number of sulfonamides is 1. The summed E-state index contributed by atoms with van der Waals surface area (Å²) in [6.45, 7) is 1.95. The molecule has 4 atom stereocenters. The lowest BCUT2D eigenvalue weighted by Gasteiger charge is -2.36. The van der Waals surface area contributed by atoms with Gasteiger partial charge in [-0.25, -0.2) is 8.42 Å². The first-order valence-electron chi connectivity index (χ1n) is 9.62. The van der Waals surface area contributed by atoms with E-state index in [-0.39, 0.29) is 17.9 Å². The summed E-state index contributed by atoms with van der Waals surface area (Å²) in [4.78, 5) is 0.313. The van der Waals surface area contributed by atoms with Crippen molar-refractivity contribution < 1.29 is 13.2 Å². The topological polar surface area (TPSA) is 46.6 Å². The second kappa shape index (κ2) is 5.94. The molecule has 0 N–H and O–H groups in total. The Morgan fingerprint density at radius 1 is 0.897 bits per heavy atom. The molecule has 0 amide bonds. The Morgan fingerprint density at radius 2 is 1.62 bits per heavy atom. The van der Waals surface area contributed by atoms with Gasteiger partial charge in [0.15, 0.2) is 6.23 Å². The van der Waals surface area contributed by atoms with Crippen LogP contribution in [0.2, 0.25) is 0 Å². The van der Waals surface area contributed by atoms with E-state index < -0.39 is 16.3 Å². The van der Waals surface area contributed by atoms with Gasteiger partial charge in [0.2, 0.25) is 10.0 Å². The molecule has 4 nitrogen and oxygen atoms in total. The SMILES string of the molecule is Cc1ccc(S(=O)(=O)N2[C@@H]3Oc4cc(Br)ccc4[C@H]4[C@@H]3c3ccccc3[C@H]42)cc1. The van der Waals surface area contributed by atoms with Gasteiger partial charge in [-0.3, -0.25) is 0 Å². The molecule has 3 aromatic carbocycles. The zero-order valence-electron chi connectivity index (χ0n) is 15.6. The first kappa shape index (κ1) is 17.7. The lowest BCUT2D eigenvalue weighted by Crippen LogP contribution is -2.44. The van der Waals surface area contributed by atoms with Crippen molar-refractivity contribution in [3.63, 3.8) is 0 Å². The van der Waals surface area contributed by atoms with E-state index in [1.54, 1.807) is 16.4 Å². The Kier molecular flexibility index (Phi) is 3.62. The number of hydrogen-bond donors (Lipinski definition) is 0. The molecule has 4 bridgehead atoms.